The number of carboxylic acid groups (broad SMARTS) is 1. The first-order valence-corrected chi connectivity index (χ1v) is 7.84. The lowest BCUT2D eigenvalue weighted by Gasteiger charge is -2.30. The van der Waals surface area contributed by atoms with Gasteiger partial charge in [-0.15, -0.1) is 11.8 Å². The number of carbonyl (C=O) groups is 2. The fraction of sp³-hybridized carbons (Fsp3) is 0.846. The number of aliphatic carboxylic acids is 1. The van der Waals surface area contributed by atoms with Crippen LogP contribution in [0.2, 0.25) is 0 Å². The van der Waals surface area contributed by atoms with Gasteiger partial charge in [-0.1, -0.05) is 12.8 Å². The van der Waals surface area contributed by atoms with Gasteiger partial charge >= 0.3 is 5.97 Å². The van der Waals surface area contributed by atoms with Crippen molar-refractivity contribution in [1.29, 1.82) is 0 Å². The van der Waals surface area contributed by atoms with Gasteiger partial charge in [-0.3, -0.25) is 9.59 Å². The number of thioether (sulfide) groups is 1. The maximum absolute atomic E-state index is 12.0. The second kappa shape index (κ2) is 6.45. The van der Waals surface area contributed by atoms with E-state index in [1.54, 1.807) is 11.8 Å². The highest BCUT2D eigenvalue weighted by atomic mass is 32.2. The Labute approximate surface area is 112 Å². The minimum atomic E-state index is -0.720. The fourth-order valence-electron chi connectivity index (χ4n) is 2.71. The molecule has 1 heterocycles. The summed E-state index contributed by atoms with van der Waals surface area (Å²) in [4.78, 5) is 24.6. The molecule has 4 nitrogen and oxygen atoms in total. The molecule has 18 heavy (non-hydrogen) atoms. The van der Waals surface area contributed by atoms with Gasteiger partial charge in [0.1, 0.15) is 0 Å². The van der Waals surface area contributed by atoms with E-state index in [4.69, 9.17) is 5.11 Å². The molecule has 1 N–H and O–H groups in total. The average Bonchev–Trinajstić information content (AvgIpc) is 2.89. The third-order valence-corrected chi connectivity index (χ3v) is 5.30. The molecule has 0 unspecified atom stereocenters. The predicted molar refractivity (Wildman–Crippen MR) is 71.7 cm³/mol. The summed E-state index contributed by atoms with van der Waals surface area (Å²) >= 11 is 1.79. The maximum atomic E-state index is 12.0. The van der Waals surface area contributed by atoms with Crippen molar-refractivity contribution in [3.8, 4) is 0 Å². The van der Waals surface area contributed by atoms with E-state index < -0.39 is 5.97 Å². The molecule has 0 aromatic rings. The zero-order chi connectivity index (χ0) is 13.0. The quantitative estimate of drug-likeness (QED) is 0.849. The van der Waals surface area contributed by atoms with Crippen LogP contribution in [0.5, 0.6) is 0 Å². The highest BCUT2D eigenvalue weighted by molar-refractivity contribution is 8.00. The van der Waals surface area contributed by atoms with Crippen molar-refractivity contribution in [2.45, 2.75) is 43.8 Å². The largest absolute Gasteiger partial charge is 0.481 e. The lowest BCUT2D eigenvalue weighted by molar-refractivity contribution is -0.145. The van der Waals surface area contributed by atoms with Crippen molar-refractivity contribution in [2.24, 2.45) is 5.92 Å². The number of carboxylic acids is 1. The van der Waals surface area contributed by atoms with E-state index in [1.165, 1.54) is 25.7 Å². The van der Waals surface area contributed by atoms with Gasteiger partial charge in [0.15, 0.2) is 0 Å². The van der Waals surface area contributed by atoms with Crippen molar-refractivity contribution in [2.75, 3.05) is 18.8 Å². The molecule has 0 aromatic heterocycles. The van der Waals surface area contributed by atoms with Gasteiger partial charge in [0.25, 0.3) is 0 Å². The van der Waals surface area contributed by atoms with Crippen LogP contribution in [-0.4, -0.2) is 46.0 Å². The summed E-state index contributed by atoms with van der Waals surface area (Å²) in [6, 6.07) is 0. The van der Waals surface area contributed by atoms with E-state index in [9.17, 15) is 9.59 Å². The summed E-state index contributed by atoms with van der Waals surface area (Å²) in [5, 5.41) is 9.57. The van der Waals surface area contributed by atoms with Crippen molar-refractivity contribution in [3.05, 3.63) is 0 Å². The number of hydrogen-bond acceptors (Lipinski definition) is 3. The first kappa shape index (κ1) is 13.7. The van der Waals surface area contributed by atoms with Gasteiger partial charge in [0.2, 0.25) is 5.91 Å². The number of rotatable bonds is 4. The second-order valence-corrected chi connectivity index (χ2v) is 6.50. The Morgan fingerprint density at radius 1 is 1.11 bits per heavy atom. The van der Waals surface area contributed by atoms with E-state index in [0.29, 0.717) is 36.9 Å². The van der Waals surface area contributed by atoms with E-state index in [0.717, 1.165) is 0 Å². The molecule has 2 fully saturated rings. The van der Waals surface area contributed by atoms with Crippen molar-refractivity contribution in [1.82, 2.24) is 4.90 Å². The molecule has 0 aromatic carbocycles. The topological polar surface area (TPSA) is 57.6 Å². The lowest BCUT2D eigenvalue weighted by Crippen LogP contribution is -2.41. The van der Waals surface area contributed by atoms with Gasteiger partial charge in [0, 0.05) is 18.3 Å². The average molecular weight is 271 g/mol. The molecule has 1 aliphatic carbocycles. The number of nitrogens with zero attached hydrogens (tertiary/aromatic N) is 1. The van der Waals surface area contributed by atoms with Crippen LogP contribution in [0.3, 0.4) is 0 Å². The molecular weight excluding hydrogens is 250 g/mol. The SMILES string of the molecule is O=C(O)C1CCN(C(=O)CSC2CCCC2)CC1. The normalized spacial score (nSPS) is 22.3. The Bertz CT molecular complexity index is 307. The lowest BCUT2D eigenvalue weighted by atomic mass is 9.97. The van der Waals surface area contributed by atoms with Crippen molar-refractivity contribution >= 4 is 23.6 Å². The molecule has 5 heteroatoms. The third-order valence-electron chi connectivity index (χ3n) is 3.94. The molecule has 102 valence electrons. The minimum Gasteiger partial charge on any atom is -0.481 e. The van der Waals surface area contributed by atoms with Crippen LogP contribution in [0.25, 0.3) is 0 Å². The van der Waals surface area contributed by atoms with Gasteiger partial charge < -0.3 is 10.0 Å². The zero-order valence-electron chi connectivity index (χ0n) is 10.6. The van der Waals surface area contributed by atoms with E-state index in [1.807, 2.05) is 4.90 Å². The highest BCUT2D eigenvalue weighted by Crippen LogP contribution is 2.29. The van der Waals surface area contributed by atoms with Gasteiger partial charge in [-0.05, 0) is 25.7 Å². The molecule has 0 bridgehead atoms. The molecule has 1 aliphatic heterocycles. The standard InChI is InChI=1S/C13H21NO3S/c15-12(9-18-11-3-1-2-4-11)14-7-5-10(6-8-14)13(16)17/h10-11H,1-9H2,(H,16,17). The third kappa shape index (κ3) is 3.64. The minimum absolute atomic E-state index is 0.190. The molecule has 0 atom stereocenters. The molecule has 0 radical (unpaired) electrons. The van der Waals surface area contributed by atoms with Crippen LogP contribution in [-0.2, 0) is 9.59 Å². The number of piperidine rings is 1. The van der Waals surface area contributed by atoms with Gasteiger partial charge in [-0.25, -0.2) is 0 Å². The summed E-state index contributed by atoms with van der Waals surface area (Å²) in [7, 11) is 0. The van der Waals surface area contributed by atoms with E-state index >= 15 is 0 Å². The van der Waals surface area contributed by atoms with Crippen LogP contribution in [0, 0.1) is 5.92 Å². The molecular formula is C13H21NO3S. The number of hydrogen-bond donors (Lipinski definition) is 1. The number of amides is 1. The van der Waals surface area contributed by atoms with Gasteiger partial charge in [0.05, 0.1) is 11.7 Å². The van der Waals surface area contributed by atoms with Gasteiger partial charge in [-0.2, -0.15) is 0 Å². The summed E-state index contributed by atoms with van der Waals surface area (Å²) < 4.78 is 0. The second-order valence-electron chi connectivity index (χ2n) is 5.21. The molecule has 0 spiro atoms. The fourth-order valence-corrected chi connectivity index (χ4v) is 3.94. The summed E-state index contributed by atoms with van der Waals surface area (Å²) in [6.45, 7) is 1.22. The number of likely N-dealkylation sites (tertiary alicyclic amines) is 1. The maximum Gasteiger partial charge on any atom is 0.306 e. The summed E-state index contributed by atoms with van der Waals surface area (Å²) in [6.07, 6.45) is 6.31. The van der Waals surface area contributed by atoms with Crippen molar-refractivity contribution in [3.63, 3.8) is 0 Å². The van der Waals surface area contributed by atoms with Crippen molar-refractivity contribution < 1.29 is 14.7 Å². The highest BCUT2D eigenvalue weighted by Gasteiger charge is 2.27. The first-order valence-electron chi connectivity index (χ1n) is 6.79. The molecule has 1 saturated heterocycles. The van der Waals surface area contributed by atoms with E-state index in [-0.39, 0.29) is 11.8 Å². The molecule has 2 aliphatic rings. The Balaban J connectivity index is 1.68. The van der Waals surface area contributed by atoms with Crippen LogP contribution < -0.4 is 0 Å². The Hall–Kier alpha value is -0.710. The van der Waals surface area contributed by atoms with Crippen LogP contribution in [0.4, 0.5) is 0 Å². The summed E-state index contributed by atoms with van der Waals surface area (Å²) in [5.74, 6) is -0.211. The predicted octanol–water partition coefficient (Wildman–Crippen LogP) is 1.99. The Kier molecular flexibility index (Phi) is 4.92. The molecule has 1 amide bonds. The van der Waals surface area contributed by atoms with Crippen LogP contribution in [0.15, 0.2) is 0 Å². The summed E-state index contributed by atoms with van der Waals surface area (Å²) in [5.41, 5.74) is 0. The molecule has 1 saturated carbocycles. The smallest absolute Gasteiger partial charge is 0.306 e. The monoisotopic (exact) mass is 271 g/mol. The zero-order valence-corrected chi connectivity index (χ0v) is 11.5. The Morgan fingerprint density at radius 3 is 2.28 bits per heavy atom. The first-order chi connectivity index (χ1) is 8.66. The van der Waals surface area contributed by atoms with Crippen LogP contribution >= 0.6 is 11.8 Å². The van der Waals surface area contributed by atoms with E-state index in [2.05, 4.69) is 0 Å². The molecule has 2 rings (SSSR count). The van der Waals surface area contributed by atoms with Crippen LogP contribution in [0.1, 0.15) is 38.5 Å². The number of carbonyl (C=O) groups excluding carboxylic acids is 1. The Morgan fingerprint density at radius 2 is 1.72 bits per heavy atom.